The van der Waals surface area contributed by atoms with Gasteiger partial charge in [0.1, 0.15) is 5.65 Å². The molecule has 2 aromatic heterocycles. The van der Waals surface area contributed by atoms with Crippen molar-refractivity contribution in [2.75, 3.05) is 51.1 Å². The Kier molecular flexibility index (Phi) is 9.52. The van der Waals surface area contributed by atoms with Crippen LogP contribution >= 0.6 is 0 Å². The van der Waals surface area contributed by atoms with E-state index in [1.54, 1.807) is 11.1 Å². The fourth-order valence-corrected chi connectivity index (χ4v) is 8.11. The van der Waals surface area contributed by atoms with Crippen LogP contribution in [0.25, 0.3) is 5.65 Å². The molecule has 3 saturated heterocycles. The third-order valence-corrected chi connectivity index (χ3v) is 11.1. The summed E-state index contributed by atoms with van der Waals surface area (Å²) in [6, 6.07) is 10.2. The Hall–Kier alpha value is -4.16. The Balaban J connectivity index is 0.993. The van der Waals surface area contributed by atoms with Gasteiger partial charge in [0.2, 0.25) is 0 Å². The van der Waals surface area contributed by atoms with E-state index in [2.05, 4.69) is 15.2 Å². The fraction of sp³-hybridized carbons (Fsp3) is 0.568. The van der Waals surface area contributed by atoms with E-state index in [1.165, 1.54) is 0 Å². The van der Waals surface area contributed by atoms with Crippen LogP contribution in [-0.4, -0.2) is 122 Å². The van der Waals surface area contributed by atoms with Gasteiger partial charge in [-0.1, -0.05) is 24.3 Å². The second-order valence-corrected chi connectivity index (χ2v) is 14.6. The smallest absolute Gasteiger partial charge is 0.410 e. The number of carbonyl (C=O) groups excluding carboxylic acids is 3. The molecule has 0 spiro atoms. The summed E-state index contributed by atoms with van der Waals surface area (Å²) in [5, 5.41) is 13.4. The van der Waals surface area contributed by atoms with E-state index in [9.17, 15) is 19.5 Å². The van der Waals surface area contributed by atoms with E-state index in [-0.39, 0.29) is 24.4 Å². The lowest BCUT2D eigenvalue weighted by Gasteiger charge is -2.43. The average Bonchev–Trinajstić information content (AvgIpc) is 3.51. The highest BCUT2D eigenvalue weighted by molar-refractivity contribution is 5.91. The Morgan fingerprint density at radius 2 is 1.69 bits per heavy atom. The van der Waals surface area contributed by atoms with E-state index in [0.29, 0.717) is 51.6 Å². The van der Waals surface area contributed by atoms with E-state index in [4.69, 9.17) is 4.74 Å². The van der Waals surface area contributed by atoms with Gasteiger partial charge in [0.15, 0.2) is 6.10 Å². The van der Waals surface area contributed by atoms with Gasteiger partial charge in [-0.25, -0.2) is 14.6 Å². The summed E-state index contributed by atoms with van der Waals surface area (Å²) in [4.78, 5) is 53.2. The summed E-state index contributed by atoms with van der Waals surface area (Å²) in [6.45, 7) is 8.40. The monoisotopic (exact) mass is 671 g/mol. The third-order valence-electron chi connectivity index (χ3n) is 11.1. The normalized spacial score (nSPS) is 21.6. The molecular weight excluding hydrogens is 622 g/mol. The Bertz CT molecular complexity index is 1660. The number of aryl methyl sites for hydroxylation is 1. The number of urea groups is 1. The van der Waals surface area contributed by atoms with E-state index >= 15 is 0 Å². The number of hydrogen-bond acceptors (Lipinski definition) is 7. The van der Waals surface area contributed by atoms with Gasteiger partial charge in [0.05, 0.1) is 5.60 Å². The minimum atomic E-state index is -0.956. The molecule has 3 aromatic rings. The van der Waals surface area contributed by atoms with Gasteiger partial charge < -0.3 is 39.2 Å². The van der Waals surface area contributed by atoms with Gasteiger partial charge in [0, 0.05) is 88.6 Å². The number of aliphatic hydroxyl groups is 1. The van der Waals surface area contributed by atoms with Gasteiger partial charge in [-0.15, -0.1) is 0 Å². The number of aromatic nitrogens is 2. The van der Waals surface area contributed by atoms with Crippen molar-refractivity contribution in [2.45, 2.75) is 89.0 Å². The minimum absolute atomic E-state index is 0.0213. The predicted octanol–water partition coefficient (Wildman–Crippen LogP) is 4.08. The average molecular weight is 672 g/mol. The number of likely N-dealkylation sites (tertiary alicyclic amines) is 3. The molecule has 3 fully saturated rings. The maximum Gasteiger partial charge on any atom is 0.410 e. The summed E-state index contributed by atoms with van der Waals surface area (Å²) in [5.41, 5.74) is 4.14. The molecular formula is C37H49N7O5. The number of ether oxygens (including phenoxy) is 1. The second kappa shape index (κ2) is 14.0. The second-order valence-electron chi connectivity index (χ2n) is 14.6. The van der Waals surface area contributed by atoms with Gasteiger partial charge in [-0.3, -0.25) is 4.79 Å². The molecule has 4 amide bonds. The number of para-hydroxylation sites is 1. The molecule has 0 unspecified atom stereocenters. The summed E-state index contributed by atoms with van der Waals surface area (Å²) in [6.07, 6.45) is 9.74. The van der Waals surface area contributed by atoms with Crippen LogP contribution in [-0.2, 0) is 22.4 Å². The molecule has 6 heterocycles. The SMILES string of the molecule is Cc1cc(C[C@@H](OC(=O)N2CCC(N3CCc4ccccc4NC3=O)CC2)C(=O)N2CCC(N3CCC(C)(O)CC3)CC2)cn2ccnc12. The molecule has 12 heteroatoms. The highest BCUT2D eigenvalue weighted by Crippen LogP contribution is 2.28. The maximum absolute atomic E-state index is 14.1. The topological polar surface area (TPSA) is 123 Å². The number of carbonyl (C=O) groups is 3. The molecule has 0 bridgehead atoms. The molecule has 2 N–H and O–H groups in total. The number of pyridine rings is 1. The molecule has 0 aliphatic carbocycles. The lowest BCUT2D eigenvalue weighted by Crippen LogP contribution is -2.54. The van der Waals surface area contributed by atoms with E-state index in [0.717, 1.165) is 73.2 Å². The first kappa shape index (κ1) is 33.3. The Morgan fingerprint density at radius 3 is 2.45 bits per heavy atom. The standard InChI is InChI=1S/C37H49N7O5/c1-26-23-27(25-43-22-14-38-33(26)43)24-32(34(45)41-15-8-29(9-16-41)40-20-12-37(2,48)13-21-40)49-36(47)42-17-10-30(11-18-42)44-19-7-28-5-3-4-6-31(28)39-35(44)46/h3-6,14,22-23,25,29-30,32,48H,7-13,15-21,24H2,1-2H3,(H,39,46)/t32-/m1/s1. The summed E-state index contributed by atoms with van der Waals surface area (Å²) in [7, 11) is 0. The Labute approximate surface area is 288 Å². The lowest BCUT2D eigenvalue weighted by molar-refractivity contribution is -0.142. The molecule has 4 aliphatic rings. The van der Waals surface area contributed by atoms with Crippen molar-refractivity contribution >= 4 is 29.4 Å². The summed E-state index contributed by atoms with van der Waals surface area (Å²) in [5.74, 6) is -0.160. The minimum Gasteiger partial charge on any atom is -0.436 e. The first-order valence-electron chi connectivity index (χ1n) is 17.9. The van der Waals surface area contributed by atoms with Crippen LogP contribution in [0.1, 0.15) is 62.1 Å². The predicted molar refractivity (Wildman–Crippen MR) is 185 cm³/mol. The van der Waals surface area contributed by atoms with Crippen molar-refractivity contribution in [3.05, 3.63) is 65.6 Å². The van der Waals surface area contributed by atoms with Crippen LogP contribution in [0, 0.1) is 6.92 Å². The zero-order valence-electron chi connectivity index (χ0n) is 28.7. The number of benzene rings is 1. The molecule has 4 aliphatic heterocycles. The number of anilines is 1. The third kappa shape index (κ3) is 7.40. The van der Waals surface area contributed by atoms with Crippen LogP contribution in [0.3, 0.4) is 0 Å². The van der Waals surface area contributed by atoms with Gasteiger partial charge >= 0.3 is 12.1 Å². The molecule has 49 heavy (non-hydrogen) atoms. The highest BCUT2D eigenvalue weighted by atomic mass is 16.6. The molecule has 1 atom stereocenters. The number of imidazole rings is 1. The number of piperidine rings is 3. The van der Waals surface area contributed by atoms with E-state index in [1.807, 2.05) is 70.8 Å². The molecule has 0 saturated carbocycles. The molecule has 1 aromatic carbocycles. The van der Waals surface area contributed by atoms with Crippen molar-refractivity contribution in [1.29, 1.82) is 0 Å². The molecule has 7 rings (SSSR count). The first-order chi connectivity index (χ1) is 23.6. The van der Waals surface area contributed by atoms with Crippen LogP contribution in [0.15, 0.2) is 48.9 Å². The highest BCUT2D eigenvalue weighted by Gasteiger charge is 2.37. The van der Waals surface area contributed by atoms with Crippen LogP contribution < -0.4 is 5.32 Å². The number of fused-ring (bicyclic) bond motifs is 2. The number of rotatable bonds is 6. The number of nitrogens with one attached hydrogen (secondary N) is 1. The van der Waals surface area contributed by atoms with E-state index < -0.39 is 17.8 Å². The van der Waals surface area contributed by atoms with Crippen molar-refractivity contribution in [3.63, 3.8) is 0 Å². The van der Waals surface area contributed by atoms with Crippen LogP contribution in [0.5, 0.6) is 0 Å². The lowest BCUT2D eigenvalue weighted by atomic mass is 9.91. The molecule has 262 valence electrons. The van der Waals surface area contributed by atoms with Crippen LogP contribution in [0.2, 0.25) is 0 Å². The molecule has 0 radical (unpaired) electrons. The van der Waals surface area contributed by atoms with Crippen molar-refractivity contribution in [1.82, 2.24) is 29.0 Å². The summed E-state index contributed by atoms with van der Waals surface area (Å²) >= 11 is 0. The fourth-order valence-electron chi connectivity index (χ4n) is 8.11. The number of hydrogen-bond donors (Lipinski definition) is 2. The van der Waals surface area contributed by atoms with Crippen molar-refractivity contribution in [3.8, 4) is 0 Å². The first-order valence-corrected chi connectivity index (χ1v) is 17.9. The largest absolute Gasteiger partial charge is 0.436 e. The summed E-state index contributed by atoms with van der Waals surface area (Å²) < 4.78 is 8.05. The van der Waals surface area contributed by atoms with Crippen LogP contribution in [0.4, 0.5) is 15.3 Å². The number of amides is 4. The maximum atomic E-state index is 14.1. The van der Waals surface area contributed by atoms with Crippen molar-refractivity contribution < 1.29 is 24.2 Å². The van der Waals surface area contributed by atoms with Gasteiger partial charge in [-0.2, -0.15) is 0 Å². The number of nitrogens with zero attached hydrogens (tertiary/aromatic N) is 6. The zero-order valence-corrected chi connectivity index (χ0v) is 28.7. The quantitative estimate of drug-likeness (QED) is 0.405. The van der Waals surface area contributed by atoms with Crippen molar-refractivity contribution in [2.24, 2.45) is 0 Å². The van der Waals surface area contributed by atoms with Gasteiger partial charge in [-0.05, 0) is 81.5 Å². The Morgan fingerprint density at radius 1 is 1.00 bits per heavy atom. The van der Waals surface area contributed by atoms with Gasteiger partial charge in [0.25, 0.3) is 5.91 Å². The zero-order chi connectivity index (χ0) is 34.1. The molecule has 12 nitrogen and oxygen atoms in total.